The van der Waals surface area contributed by atoms with Gasteiger partial charge in [-0.15, -0.1) is 0 Å². The second-order valence-corrected chi connectivity index (χ2v) is 2.64. The van der Waals surface area contributed by atoms with Gasteiger partial charge in [0.2, 0.25) is 0 Å². The predicted octanol–water partition coefficient (Wildman–Crippen LogP) is 2.17. The smallest absolute Gasteiger partial charge is 0.0143 e. The quantitative estimate of drug-likeness (QED) is 0.564. The molecule has 0 spiro atoms. The van der Waals surface area contributed by atoms with E-state index in [1.165, 1.54) is 18.5 Å². The Morgan fingerprint density at radius 1 is 1.60 bits per heavy atom. The molecule has 0 amide bonds. The predicted molar refractivity (Wildman–Crippen MR) is 44.8 cm³/mol. The third-order valence-electron chi connectivity index (χ3n) is 1.96. The highest BCUT2D eigenvalue weighted by molar-refractivity contribution is 5.16. The molecule has 0 atom stereocenters. The van der Waals surface area contributed by atoms with Gasteiger partial charge in [0.1, 0.15) is 0 Å². The van der Waals surface area contributed by atoms with Gasteiger partial charge in [0, 0.05) is 19.3 Å². The Labute approximate surface area is 63.0 Å². The second-order valence-electron chi connectivity index (χ2n) is 2.64. The Bertz CT molecular complexity index is 156. The normalized spacial score (nSPS) is 16.8. The van der Waals surface area contributed by atoms with Crippen molar-refractivity contribution < 1.29 is 0 Å². The van der Waals surface area contributed by atoms with Crippen molar-refractivity contribution >= 4 is 0 Å². The minimum absolute atomic E-state index is 1.11. The van der Waals surface area contributed by atoms with Crippen molar-refractivity contribution in [3.05, 3.63) is 23.9 Å². The average Bonchev–Trinajstić information content (AvgIpc) is 2.05. The van der Waals surface area contributed by atoms with Crippen LogP contribution in [0.15, 0.2) is 23.9 Å². The Balaban J connectivity index is 2.53. The summed E-state index contributed by atoms with van der Waals surface area (Å²) in [7, 11) is 2.14. The van der Waals surface area contributed by atoms with Crippen molar-refractivity contribution in [2.45, 2.75) is 19.8 Å². The highest BCUT2D eigenvalue weighted by Crippen LogP contribution is 2.13. The lowest BCUT2D eigenvalue weighted by Crippen LogP contribution is -2.17. The zero-order valence-corrected chi connectivity index (χ0v) is 6.80. The molecule has 0 heterocycles. The lowest BCUT2D eigenvalue weighted by molar-refractivity contribution is 0.422. The minimum Gasteiger partial charge on any atom is -0.378 e. The molecule has 0 aromatic carbocycles. The first-order valence-electron chi connectivity index (χ1n) is 3.91. The molecule has 0 saturated carbocycles. The molecule has 0 aromatic heterocycles. The van der Waals surface area contributed by atoms with Crippen LogP contribution in [0.2, 0.25) is 0 Å². The first-order chi connectivity index (χ1) is 4.84. The topological polar surface area (TPSA) is 3.24 Å². The zero-order chi connectivity index (χ0) is 7.40. The SMILES string of the molecule is CCN(C)C1=CC=CCC1. The van der Waals surface area contributed by atoms with Gasteiger partial charge in [-0.25, -0.2) is 0 Å². The number of hydrogen-bond donors (Lipinski definition) is 0. The molecule has 10 heavy (non-hydrogen) atoms. The van der Waals surface area contributed by atoms with Gasteiger partial charge in [-0.05, 0) is 25.8 Å². The Hall–Kier alpha value is -0.720. The Kier molecular flexibility index (Phi) is 2.55. The standard InChI is InChI=1S/C9H15N/c1-3-10(2)9-7-5-4-6-8-9/h4-5,7H,3,6,8H2,1-2H3. The molecule has 0 radical (unpaired) electrons. The lowest BCUT2D eigenvalue weighted by Gasteiger charge is -2.21. The van der Waals surface area contributed by atoms with Crippen LogP contribution < -0.4 is 0 Å². The zero-order valence-electron chi connectivity index (χ0n) is 6.80. The summed E-state index contributed by atoms with van der Waals surface area (Å²) < 4.78 is 0. The fourth-order valence-electron chi connectivity index (χ4n) is 1.11. The van der Waals surface area contributed by atoms with Crippen molar-refractivity contribution in [2.75, 3.05) is 13.6 Å². The van der Waals surface area contributed by atoms with Crippen molar-refractivity contribution in [2.24, 2.45) is 0 Å². The molecule has 1 aliphatic carbocycles. The van der Waals surface area contributed by atoms with Gasteiger partial charge < -0.3 is 4.90 Å². The van der Waals surface area contributed by atoms with E-state index < -0.39 is 0 Å². The maximum absolute atomic E-state index is 2.30. The Morgan fingerprint density at radius 2 is 2.40 bits per heavy atom. The second kappa shape index (κ2) is 3.45. The molecule has 1 aliphatic rings. The van der Waals surface area contributed by atoms with Gasteiger partial charge >= 0.3 is 0 Å². The van der Waals surface area contributed by atoms with E-state index >= 15 is 0 Å². The first kappa shape index (κ1) is 7.39. The highest BCUT2D eigenvalue weighted by atomic mass is 15.1. The van der Waals surface area contributed by atoms with Gasteiger partial charge in [0.05, 0.1) is 0 Å². The summed E-state index contributed by atoms with van der Waals surface area (Å²) in [4.78, 5) is 2.30. The molecule has 1 rings (SSSR count). The maximum atomic E-state index is 2.30. The largest absolute Gasteiger partial charge is 0.378 e. The van der Waals surface area contributed by atoms with Crippen LogP contribution in [0.1, 0.15) is 19.8 Å². The molecule has 0 fully saturated rings. The van der Waals surface area contributed by atoms with Crippen molar-refractivity contribution in [3.8, 4) is 0 Å². The van der Waals surface area contributed by atoms with Crippen molar-refractivity contribution in [1.82, 2.24) is 4.90 Å². The minimum atomic E-state index is 1.11. The van der Waals surface area contributed by atoms with Gasteiger partial charge in [-0.1, -0.05) is 12.2 Å². The van der Waals surface area contributed by atoms with E-state index in [1.807, 2.05) is 0 Å². The fourth-order valence-corrected chi connectivity index (χ4v) is 1.11. The van der Waals surface area contributed by atoms with E-state index in [4.69, 9.17) is 0 Å². The molecular weight excluding hydrogens is 122 g/mol. The molecule has 0 N–H and O–H groups in total. The number of hydrogen-bond acceptors (Lipinski definition) is 1. The first-order valence-corrected chi connectivity index (χ1v) is 3.91. The molecule has 0 aromatic rings. The van der Waals surface area contributed by atoms with Gasteiger partial charge in [0.15, 0.2) is 0 Å². The number of rotatable bonds is 2. The lowest BCUT2D eigenvalue weighted by atomic mass is 10.1. The highest BCUT2D eigenvalue weighted by Gasteiger charge is 2.01. The summed E-state index contributed by atoms with van der Waals surface area (Å²) in [5, 5.41) is 0. The third-order valence-corrected chi connectivity index (χ3v) is 1.96. The van der Waals surface area contributed by atoms with E-state index in [9.17, 15) is 0 Å². The van der Waals surface area contributed by atoms with Crippen molar-refractivity contribution in [1.29, 1.82) is 0 Å². The molecule has 0 bridgehead atoms. The van der Waals surface area contributed by atoms with E-state index in [-0.39, 0.29) is 0 Å². The molecule has 0 saturated heterocycles. The van der Waals surface area contributed by atoms with Gasteiger partial charge in [-0.2, -0.15) is 0 Å². The van der Waals surface area contributed by atoms with E-state index in [1.54, 1.807) is 0 Å². The molecule has 0 aliphatic heterocycles. The van der Waals surface area contributed by atoms with Crippen LogP contribution in [0.4, 0.5) is 0 Å². The summed E-state index contributed by atoms with van der Waals surface area (Å²) in [5.41, 5.74) is 1.46. The van der Waals surface area contributed by atoms with Crippen LogP contribution in [-0.2, 0) is 0 Å². The molecular formula is C9H15N. The average molecular weight is 137 g/mol. The summed E-state index contributed by atoms with van der Waals surface area (Å²) >= 11 is 0. The van der Waals surface area contributed by atoms with Crippen LogP contribution >= 0.6 is 0 Å². The molecule has 1 heteroatoms. The van der Waals surface area contributed by atoms with E-state index in [0.717, 1.165) is 6.54 Å². The van der Waals surface area contributed by atoms with Crippen LogP contribution in [0.3, 0.4) is 0 Å². The van der Waals surface area contributed by atoms with Crippen molar-refractivity contribution in [3.63, 3.8) is 0 Å². The molecule has 0 unspecified atom stereocenters. The van der Waals surface area contributed by atoms with Crippen LogP contribution in [0, 0.1) is 0 Å². The van der Waals surface area contributed by atoms with Gasteiger partial charge in [0.25, 0.3) is 0 Å². The number of allylic oxidation sites excluding steroid dienone is 4. The number of nitrogens with zero attached hydrogens (tertiary/aromatic N) is 1. The Morgan fingerprint density at radius 3 is 2.90 bits per heavy atom. The molecule has 1 nitrogen and oxygen atoms in total. The fraction of sp³-hybridized carbons (Fsp3) is 0.556. The summed E-state index contributed by atoms with van der Waals surface area (Å²) in [6.07, 6.45) is 8.97. The van der Waals surface area contributed by atoms with Gasteiger partial charge in [-0.3, -0.25) is 0 Å². The summed E-state index contributed by atoms with van der Waals surface area (Å²) in [6.45, 7) is 3.29. The van der Waals surface area contributed by atoms with E-state index in [2.05, 4.69) is 37.1 Å². The summed E-state index contributed by atoms with van der Waals surface area (Å²) in [6, 6.07) is 0. The van der Waals surface area contributed by atoms with Crippen LogP contribution in [0.25, 0.3) is 0 Å². The maximum Gasteiger partial charge on any atom is 0.0143 e. The molecule has 56 valence electrons. The van der Waals surface area contributed by atoms with Crippen LogP contribution in [-0.4, -0.2) is 18.5 Å². The van der Waals surface area contributed by atoms with Crippen LogP contribution in [0.5, 0.6) is 0 Å². The monoisotopic (exact) mass is 137 g/mol. The van der Waals surface area contributed by atoms with E-state index in [0.29, 0.717) is 0 Å². The summed E-state index contributed by atoms with van der Waals surface area (Å²) in [5.74, 6) is 0. The third kappa shape index (κ3) is 1.63.